The van der Waals surface area contributed by atoms with Crippen molar-refractivity contribution in [2.24, 2.45) is 0 Å². The quantitative estimate of drug-likeness (QED) is 0.0800. The Labute approximate surface area is 264 Å². The number of rotatable bonds is 12. The molecule has 2 unspecified atom stereocenters. The third-order valence-electron chi connectivity index (χ3n) is 5.82. The van der Waals surface area contributed by atoms with Crippen molar-refractivity contribution in [1.82, 2.24) is 0 Å². The van der Waals surface area contributed by atoms with E-state index >= 15 is 0 Å². The summed E-state index contributed by atoms with van der Waals surface area (Å²) in [6.07, 6.45) is 0.445. The number of hydrogen-bond donors (Lipinski definition) is 7. The SMILES string of the molecule is CCC(c1ccc(O)cc1)C(CC)c1ccc(O)c(NS(=O)(=O)CCC(P(=O)(O)O)P(=O)(O)O)c1.[H-].[H-].[Na+].[Na+]. The molecule has 0 bridgehead atoms. The zero-order valence-corrected chi connectivity index (χ0v) is 27.8. The van der Waals surface area contributed by atoms with E-state index < -0.39 is 42.8 Å². The van der Waals surface area contributed by atoms with E-state index in [1.807, 2.05) is 26.0 Å². The van der Waals surface area contributed by atoms with Crippen LogP contribution in [0.1, 0.15) is 58.9 Å². The largest absolute Gasteiger partial charge is 1.00 e. The summed E-state index contributed by atoms with van der Waals surface area (Å²) in [5.41, 5.74) is 1.55. The molecule has 0 heterocycles. The van der Waals surface area contributed by atoms with Crippen molar-refractivity contribution in [3.8, 4) is 11.5 Å². The van der Waals surface area contributed by atoms with E-state index in [0.29, 0.717) is 6.42 Å². The number of phenolic OH excluding ortho intramolecular Hbond substituents is 2. The maximum Gasteiger partial charge on any atom is 1.00 e. The van der Waals surface area contributed by atoms with Crippen molar-refractivity contribution in [2.75, 3.05) is 10.5 Å². The third kappa shape index (κ3) is 10.9. The molecule has 2 rings (SSSR count). The molecule has 0 saturated carbocycles. The van der Waals surface area contributed by atoms with Crippen LogP contribution < -0.4 is 63.8 Å². The Morgan fingerprint density at radius 1 is 0.838 bits per heavy atom. The second-order valence-corrected chi connectivity index (χ2v) is 14.1. The van der Waals surface area contributed by atoms with Crippen LogP contribution in [0.5, 0.6) is 11.5 Å². The number of sulfonamides is 1. The molecule has 0 amide bonds. The molecular weight excluding hydrogens is 566 g/mol. The fourth-order valence-electron chi connectivity index (χ4n) is 4.10. The van der Waals surface area contributed by atoms with Crippen molar-refractivity contribution < 1.29 is 109 Å². The molecule has 0 saturated heterocycles. The molecule has 0 fully saturated rings. The van der Waals surface area contributed by atoms with E-state index in [4.69, 9.17) is 0 Å². The van der Waals surface area contributed by atoms with Crippen LogP contribution in [0.2, 0.25) is 0 Å². The predicted octanol–water partition coefficient (Wildman–Crippen LogP) is -2.17. The van der Waals surface area contributed by atoms with Gasteiger partial charge < -0.3 is 32.6 Å². The van der Waals surface area contributed by atoms with E-state index in [9.17, 15) is 47.3 Å². The Hall–Kier alpha value is 0.0900. The summed E-state index contributed by atoms with van der Waals surface area (Å²) in [5.74, 6) is -1.27. The molecule has 0 aliphatic carbocycles. The van der Waals surface area contributed by atoms with Crippen molar-refractivity contribution in [3.05, 3.63) is 53.6 Å². The fourth-order valence-corrected chi connectivity index (χ4v) is 8.10. The molecule has 37 heavy (non-hydrogen) atoms. The van der Waals surface area contributed by atoms with Gasteiger partial charge in [0, 0.05) is 0 Å². The number of aromatic hydroxyl groups is 2. The van der Waals surface area contributed by atoms with E-state index in [1.54, 1.807) is 18.2 Å². The number of phenols is 2. The average molecular weight is 599 g/mol. The van der Waals surface area contributed by atoms with Gasteiger partial charge >= 0.3 is 74.3 Å². The van der Waals surface area contributed by atoms with Gasteiger partial charge in [-0.2, -0.15) is 0 Å². The first kappa shape index (κ1) is 37.1. The molecule has 0 aliphatic rings. The molecule has 7 N–H and O–H groups in total. The maximum absolute atomic E-state index is 12.6. The van der Waals surface area contributed by atoms with E-state index in [-0.39, 0.29) is 91.0 Å². The first-order valence-corrected chi connectivity index (χ1v) is 15.8. The monoisotopic (exact) mass is 599 g/mol. The second kappa shape index (κ2) is 15.2. The van der Waals surface area contributed by atoms with Gasteiger partial charge in [-0.3, -0.25) is 13.9 Å². The molecule has 16 heteroatoms. The van der Waals surface area contributed by atoms with Crippen LogP contribution in [0.4, 0.5) is 5.69 Å². The maximum atomic E-state index is 12.6. The third-order valence-corrected chi connectivity index (χ3v) is 11.0. The molecule has 0 spiro atoms. The Kier molecular flexibility index (Phi) is 15.2. The topological polar surface area (TPSA) is 202 Å². The molecule has 2 aromatic carbocycles. The minimum atomic E-state index is -5.27. The van der Waals surface area contributed by atoms with Crippen LogP contribution in [0.25, 0.3) is 0 Å². The summed E-state index contributed by atoms with van der Waals surface area (Å²) >= 11 is 0. The van der Waals surface area contributed by atoms with E-state index in [0.717, 1.165) is 17.5 Å². The van der Waals surface area contributed by atoms with Crippen molar-refractivity contribution >= 4 is 30.9 Å². The predicted molar refractivity (Wildman–Crippen MR) is 134 cm³/mol. The Morgan fingerprint density at radius 2 is 1.30 bits per heavy atom. The minimum absolute atomic E-state index is 0. The second-order valence-electron chi connectivity index (χ2n) is 8.27. The Bertz CT molecular complexity index is 1210. The van der Waals surface area contributed by atoms with Crippen molar-refractivity contribution in [3.63, 3.8) is 0 Å². The zero-order valence-electron chi connectivity index (χ0n) is 23.2. The number of anilines is 1. The van der Waals surface area contributed by atoms with E-state index in [1.165, 1.54) is 12.1 Å². The summed E-state index contributed by atoms with van der Waals surface area (Å²) in [6, 6.07) is 11.3. The average Bonchev–Trinajstić information content (AvgIpc) is 2.72. The van der Waals surface area contributed by atoms with Gasteiger partial charge in [-0.15, -0.1) is 0 Å². The Morgan fingerprint density at radius 3 is 1.76 bits per heavy atom. The Balaban J connectivity index is -0.00000324. The van der Waals surface area contributed by atoms with Gasteiger partial charge in [0.1, 0.15) is 11.5 Å². The molecule has 200 valence electrons. The van der Waals surface area contributed by atoms with Crippen LogP contribution in [-0.2, 0) is 19.2 Å². The number of benzene rings is 2. The molecule has 2 atom stereocenters. The first-order valence-electron chi connectivity index (χ1n) is 10.8. The molecule has 0 aromatic heterocycles. The normalized spacial score (nSPS) is 13.8. The van der Waals surface area contributed by atoms with Crippen LogP contribution in [-0.4, -0.2) is 49.4 Å². The summed E-state index contributed by atoms with van der Waals surface area (Å²) in [7, 11) is -14.9. The molecule has 2 aromatic rings. The summed E-state index contributed by atoms with van der Waals surface area (Å²) in [6.45, 7) is 3.97. The van der Waals surface area contributed by atoms with Crippen LogP contribution in [0.15, 0.2) is 42.5 Å². The van der Waals surface area contributed by atoms with Gasteiger partial charge in [-0.25, -0.2) is 8.42 Å². The fraction of sp³-hybridized carbons (Fsp3) is 0.429. The zero-order chi connectivity index (χ0) is 26.6. The summed E-state index contributed by atoms with van der Waals surface area (Å²) < 4.78 is 50.1. The van der Waals surface area contributed by atoms with Gasteiger partial charge in [-0.05, 0) is 66.5 Å². The van der Waals surface area contributed by atoms with Gasteiger partial charge in [0.05, 0.1) is 11.4 Å². The van der Waals surface area contributed by atoms with Crippen LogP contribution >= 0.6 is 15.2 Å². The summed E-state index contributed by atoms with van der Waals surface area (Å²) in [4.78, 5) is 36.8. The van der Waals surface area contributed by atoms with Crippen LogP contribution in [0, 0.1) is 0 Å². The van der Waals surface area contributed by atoms with Crippen LogP contribution in [0.3, 0.4) is 0 Å². The van der Waals surface area contributed by atoms with Crippen molar-refractivity contribution in [1.29, 1.82) is 0 Å². The van der Waals surface area contributed by atoms with Crippen molar-refractivity contribution in [2.45, 2.75) is 50.3 Å². The molecule has 0 aliphatic heterocycles. The van der Waals surface area contributed by atoms with Gasteiger partial charge in [0.25, 0.3) is 0 Å². The molecule has 11 nitrogen and oxygen atoms in total. The van der Waals surface area contributed by atoms with Gasteiger partial charge in [-0.1, -0.05) is 32.0 Å². The summed E-state index contributed by atoms with van der Waals surface area (Å²) in [5, 5.41) is 17.4. The smallest absolute Gasteiger partial charge is 1.00 e. The molecule has 0 radical (unpaired) electrons. The molecular formula is C21H33NNa2O10P2S. The number of nitrogens with one attached hydrogen (secondary N) is 1. The number of hydrogen-bond acceptors (Lipinski definition) is 6. The standard InChI is InChI=1S/C21H31NO10P2S.2Na.2H/c1-3-17(14-5-8-16(23)9-6-14)18(4-2)15-7-10-20(24)19(13-15)22-35(31,32)12-11-21(33(25,26)27)34(28,29)30;;;;/h5-10,13,17-18,21-24H,3-4,11-12H2,1-2H3,(H2,25,26,27)(H2,28,29,30);;;;/q;2*+1;2*-1. The van der Waals surface area contributed by atoms with Gasteiger partial charge in [0.15, 0.2) is 5.40 Å². The first-order chi connectivity index (χ1) is 16.1. The van der Waals surface area contributed by atoms with Gasteiger partial charge in [0.2, 0.25) is 10.0 Å². The van der Waals surface area contributed by atoms with E-state index in [2.05, 4.69) is 4.72 Å². The minimum Gasteiger partial charge on any atom is -1.00 e.